The maximum atomic E-state index is 13.5. The fourth-order valence-corrected chi connectivity index (χ4v) is 3.40. The van der Waals surface area contributed by atoms with Gasteiger partial charge in [-0.2, -0.15) is 0 Å². The van der Waals surface area contributed by atoms with Crippen LogP contribution in [0.3, 0.4) is 0 Å². The first-order valence-electron chi connectivity index (χ1n) is 8.61. The molecule has 134 valence electrons. The average Bonchev–Trinajstić information content (AvgIpc) is 2.93. The summed E-state index contributed by atoms with van der Waals surface area (Å²) < 4.78 is 15.1. The van der Waals surface area contributed by atoms with Crippen molar-refractivity contribution in [3.63, 3.8) is 0 Å². The van der Waals surface area contributed by atoms with Crippen LogP contribution in [0.25, 0.3) is 10.9 Å². The maximum absolute atomic E-state index is 13.5. The van der Waals surface area contributed by atoms with E-state index in [1.54, 1.807) is 10.6 Å². The molecule has 0 aliphatic rings. The minimum atomic E-state index is -0.477. The predicted octanol–water partition coefficient (Wildman–Crippen LogP) is 5.52. The van der Waals surface area contributed by atoms with Gasteiger partial charge in [0, 0.05) is 5.39 Å². The minimum absolute atomic E-state index is 0.134. The van der Waals surface area contributed by atoms with Crippen LogP contribution in [0.4, 0.5) is 10.1 Å². The van der Waals surface area contributed by atoms with Gasteiger partial charge in [0.15, 0.2) is 5.69 Å². The van der Waals surface area contributed by atoms with E-state index in [2.05, 4.69) is 29.4 Å². The van der Waals surface area contributed by atoms with E-state index < -0.39 is 5.82 Å². The van der Waals surface area contributed by atoms with Gasteiger partial charge in [0.25, 0.3) is 0 Å². The molecule has 0 aliphatic heterocycles. The van der Waals surface area contributed by atoms with Crippen LogP contribution in [0.15, 0.2) is 78.0 Å². The number of aromatic hydroxyl groups is 1. The Kier molecular flexibility index (Phi) is 4.42. The highest BCUT2D eigenvalue weighted by Crippen LogP contribution is 2.39. The summed E-state index contributed by atoms with van der Waals surface area (Å²) in [6.45, 7) is 0.353. The van der Waals surface area contributed by atoms with Crippen molar-refractivity contribution in [3.05, 3.63) is 100 Å². The number of fused-ring (bicyclic) bond motifs is 1. The van der Waals surface area contributed by atoms with Gasteiger partial charge >= 0.3 is 0 Å². The van der Waals surface area contributed by atoms with Gasteiger partial charge in [0.1, 0.15) is 5.82 Å². The molecule has 0 atom stereocenters. The number of benzene rings is 3. The van der Waals surface area contributed by atoms with Gasteiger partial charge in [-0.3, -0.25) is 0 Å². The molecule has 1 aromatic heterocycles. The number of nitrogens with zero attached hydrogens (tertiary/aromatic N) is 2. The molecule has 0 spiro atoms. The van der Waals surface area contributed by atoms with Gasteiger partial charge in [0.05, 0.1) is 12.1 Å². The zero-order valence-corrected chi connectivity index (χ0v) is 14.5. The van der Waals surface area contributed by atoms with E-state index in [1.807, 2.05) is 30.3 Å². The Labute approximate surface area is 155 Å². The summed E-state index contributed by atoms with van der Waals surface area (Å²) in [6, 6.07) is 22.3. The van der Waals surface area contributed by atoms with Crippen molar-refractivity contribution in [1.82, 2.24) is 4.57 Å². The summed E-state index contributed by atoms with van der Waals surface area (Å²) in [7, 11) is 0. The van der Waals surface area contributed by atoms with E-state index in [0.717, 1.165) is 17.5 Å². The molecule has 1 heterocycles. The first kappa shape index (κ1) is 17.0. The number of hydrogen-bond acceptors (Lipinski definition) is 3. The molecule has 0 bridgehead atoms. The van der Waals surface area contributed by atoms with Crippen LogP contribution in [0, 0.1) is 10.7 Å². The molecule has 0 saturated carbocycles. The molecule has 0 unspecified atom stereocenters. The Balaban J connectivity index is 1.70. The van der Waals surface area contributed by atoms with Crippen LogP contribution in [-0.4, -0.2) is 9.67 Å². The summed E-state index contributed by atoms with van der Waals surface area (Å²) in [5.74, 6) is -0.728. The molecule has 0 amide bonds. The fourth-order valence-electron chi connectivity index (χ4n) is 3.40. The zero-order valence-electron chi connectivity index (χ0n) is 14.5. The first-order valence-corrected chi connectivity index (χ1v) is 8.61. The Bertz CT molecular complexity index is 1120. The van der Waals surface area contributed by atoms with Crippen LogP contribution in [0.1, 0.15) is 16.7 Å². The summed E-state index contributed by atoms with van der Waals surface area (Å²) in [4.78, 5) is 11.1. The molecule has 0 saturated heterocycles. The van der Waals surface area contributed by atoms with E-state index in [9.17, 15) is 14.4 Å². The molecular formula is C22H17FN2O2. The largest absolute Gasteiger partial charge is 0.493 e. The number of aromatic nitrogens is 1. The molecule has 0 aliphatic carbocycles. The van der Waals surface area contributed by atoms with Gasteiger partial charge in [-0.15, -0.1) is 4.91 Å². The second kappa shape index (κ2) is 7.03. The normalized spacial score (nSPS) is 11.0. The van der Waals surface area contributed by atoms with Crippen LogP contribution in [0.2, 0.25) is 0 Å². The quantitative estimate of drug-likeness (QED) is 0.476. The van der Waals surface area contributed by atoms with Gasteiger partial charge in [-0.05, 0) is 46.5 Å². The smallest absolute Gasteiger partial charge is 0.222 e. The zero-order chi connectivity index (χ0) is 18.8. The fraction of sp³-hybridized carbons (Fsp3) is 0.0909. The lowest BCUT2D eigenvalue weighted by atomic mass is 10.0. The second-order valence-corrected chi connectivity index (χ2v) is 6.49. The van der Waals surface area contributed by atoms with Gasteiger partial charge in [-0.1, -0.05) is 54.6 Å². The molecule has 27 heavy (non-hydrogen) atoms. The molecule has 4 rings (SSSR count). The molecule has 4 aromatic rings. The Morgan fingerprint density at radius 2 is 1.63 bits per heavy atom. The van der Waals surface area contributed by atoms with Crippen molar-refractivity contribution in [2.24, 2.45) is 5.18 Å². The van der Waals surface area contributed by atoms with Gasteiger partial charge < -0.3 is 9.67 Å². The third-order valence-corrected chi connectivity index (χ3v) is 4.65. The molecule has 3 aromatic carbocycles. The third-order valence-electron chi connectivity index (χ3n) is 4.65. The highest BCUT2D eigenvalue weighted by atomic mass is 19.1. The molecular weight excluding hydrogens is 343 g/mol. The Morgan fingerprint density at radius 1 is 0.889 bits per heavy atom. The van der Waals surface area contributed by atoms with Crippen LogP contribution in [0.5, 0.6) is 5.88 Å². The highest BCUT2D eigenvalue weighted by Gasteiger charge is 2.18. The van der Waals surface area contributed by atoms with Crippen molar-refractivity contribution < 1.29 is 9.50 Å². The summed E-state index contributed by atoms with van der Waals surface area (Å²) in [6.07, 6.45) is 0.805. The van der Waals surface area contributed by atoms with Crippen LogP contribution < -0.4 is 0 Å². The number of halogens is 1. The minimum Gasteiger partial charge on any atom is -0.493 e. The van der Waals surface area contributed by atoms with E-state index in [0.29, 0.717) is 17.4 Å². The van der Waals surface area contributed by atoms with Crippen molar-refractivity contribution in [1.29, 1.82) is 0 Å². The van der Waals surface area contributed by atoms with E-state index in [-0.39, 0.29) is 11.6 Å². The lowest BCUT2D eigenvalue weighted by Gasteiger charge is -2.09. The highest BCUT2D eigenvalue weighted by molar-refractivity contribution is 5.95. The first-order chi connectivity index (χ1) is 13.2. The number of rotatable bonds is 5. The van der Waals surface area contributed by atoms with Crippen molar-refractivity contribution >= 4 is 16.6 Å². The monoisotopic (exact) mass is 360 g/mol. The molecule has 4 nitrogen and oxygen atoms in total. The summed E-state index contributed by atoms with van der Waals surface area (Å²) in [5, 5.41) is 13.6. The summed E-state index contributed by atoms with van der Waals surface area (Å²) in [5.41, 5.74) is 3.76. The maximum Gasteiger partial charge on any atom is 0.222 e. The van der Waals surface area contributed by atoms with Gasteiger partial charge in [-0.25, -0.2) is 4.39 Å². The third kappa shape index (κ3) is 3.31. The molecule has 0 radical (unpaired) electrons. The van der Waals surface area contributed by atoms with Crippen LogP contribution >= 0.6 is 0 Å². The second-order valence-electron chi connectivity index (χ2n) is 6.49. The lowest BCUT2D eigenvalue weighted by Crippen LogP contribution is -2.00. The van der Waals surface area contributed by atoms with Crippen LogP contribution in [-0.2, 0) is 13.0 Å². The number of nitroso groups, excluding NO2 is 1. The van der Waals surface area contributed by atoms with E-state index in [1.165, 1.54) is 17.7 Å². The topological polar surface area (TPSA) is 54.6 Å². The number of hydrogen-bond donors (Lipinski definition) is 1. The predicted molar refractivity (Wildman–Crippen MR) is 104 cm³/mol. The van der Waals surface area contributed by atoms with E-state index in [4.69, 9.17) is 0 Å². The molecule has 1 N–H and O–H groups in total. The summed E-state index contributed by atoms with van der Waals surface area (Å²) >= 11 is 0. The Morgan fingerprint density at radius 3 is 2.41 bits per heavy atom. The standard InChI is InChI=1S/C22H17FN2O2/c23-18-9-10-20-19(13-18)21(24-27)22(26)25(20)14-17-8-4-7-16(12-17)11-15-5-2-1-3-6-15/h1-10,12-13,26H,11,14H2. The van der Waals surface area contributed by atoms with Gasteiger partial charge in [0.2, 0.25) is 5.88 Å². The molecule has 0 fully saturated rings. The Hall–Kier alpha value is -3.47. The van der Waals surface area contributed by atoms with Crippen molar-refractivity contribution in [3.8, 4) is 5.88 Å². The van der Waals surface area contributed by atoms with Crippen molar-refractivity contribution in [2.45, 2.75) is 13.0 Å². The molecule has 5 heteroatoms. The average molecular weight is 360 g/mol. The van der Waals surface area contributed by atoms with Crippen molar-refractivity contribution in [2.75, 3.05) is 0 Å². The lowest BCUT2D eigenvalue weighted by molar-refractivity contribution is 0.430. The van der Waals surface area contributed by atoms with E-state index >= 15 is 0 Å². The SMILES string of the molecule is O=Nc1c(O)n(Cc2cccc(Cc3ccccc3)c2)c2ccc(F)cc12.